The summed E-state index contributed by atoms with van der Waals surface area (Å²) in [6, 6.07) is -0.799. The summed E-state index contributed by atoms with van der Waals surface area (Å²) >= 11 is 0. The minimum Gasteiger partial charge on any atom is -0.394 e. The van der Waals surface area contributed by atoms with Crippen LogP contribution in [-0.2, 0) is 14.3 Å². The van der Waals surface area contributed by atoms with Crippen molar-refractivity contribution in [2.24, 2.45) is 0 Å². The molecular formula is C58H105NO8. The van der Waals surface area contributed by atoms with Crippen LogP contribution in [0.15, 0.2) is 60.8 Å². The van der Waals surface area contributed by atoms with Gasteiger partial charge in [-0.3, -0.25) is 4.79 Å². The zero-order valence-corrected chi connectivity index (χ0v) is 43.1. The van der Waals surface area contributed by atoms with Gasteiger partial charge in [-0.25, -0.2) is 0 Å². The summed E-state index contributed by atoms with van der Waals surface area (Å²) in [5, 5.41) is 53.5. The fraction of sp³-hybridized carbons (Fsp3) is 0.810. The number of carbonyl (C=O) groups excluding carboxylic acids is 1. The molecule has 1 aliphatic heterocycles. The van der Waals surface area contributed by atoms with E-state index < -0.39 is 49.5 Å². The van der Waals surface area contributed by atoms with Gasteiger partial charge in [-0.15, -0.1) is 0 Å². The SMILES string of the molecule is CC/C=C\C/C=C\C/C=C\C/C=C\CCCCCCCCCCCCCCCCCCCCCCCCCCCCCCC(=O)NC(COC1OC(CO)C(O)C(O)C1O)C(O)/C=C/CCC. The third kappa shape index (κ3) is 37.4. The number of aliphatic hydroxyl groups excluding tert-OH is 5. The molecule has 1 fully saturated rings. The number of unbranched alkanes of at least 4 members (excludes halogenated alkanes) is 29. The number of aliphatic hydroxyl groups is 5. The van der Waals surface area contributed by atoms with E-state index in [2.05, 4.69) is 60.8 Å². The number of hydrogen-bond donors (Lipinski definition) is 6. The highest BCUT2D eigenvalue weighted by molar-refractivity contribution is 5.76. The summed E-state index contributed by atoms with van der Waals surface area (Å²) in [7, 11) is 0. The summed E-state index contributed by atoms with van der Waals surface area (Å²) in [6.45, 7) is 3.45. The third-order valence-electron chi connectivity index (χ3n) is 13.1. The lowest BCUT2D eigenvalue weighted by Gasteiger charge is -2.40. The average molecular weight is 944 g/mol. The molecule has 1 amide bonds. The van der Waals surface area contributed by atoms with E-state index in [-0.39, 0.29) is 12.5 Å². The van der Waals surface area contributed by atoms with Crippen LogP contribution in [0.5, 0.6) is 0 Å². The molecule has 0 aromatic carbocycles. The normalized spacial score (nSPS) is 20.1. The van der Waals surface area contributed by atoms with Gasteiger partial charge in [0, 0.05) is 6.42 Å². The Morgan fingerprint density at radius 1 is 0.522 bits per heavy atom. The van der Waals surface area contributed by atoms with E-state index in [9.17, 15) is 30.3 Å². The molecule has 9 nitrogen and oxygen atoms in total. The molecule has 390 valence electrons. The second-order valence-electron chi connectivity index (χ2n) is 19.4. The Morgan fingerprint density at radius 3 is 1.34 bits per heavy atom. The summed E-state index contributed by atoms with van der Waals surface area (Å²) in [5.74, 6) is -0.186. The molecule has 6 N–H and O–H groups in total. The minimum absolute atomic E-state index is 0.186. The first-order valence-corrected chi connectivity index (χ1v) is 28.0. The second-order valence-corrected chi connectivity index (χ2v) is 19.4. The fourth-order valence-electron chi connectivity index (χ4n) is 8.69. The highest BCUT2D eigenvalue weighted by Gasteiger charge is 2.44. The lowest BCUT2D eigenvalue weighted by molar-refractivity contribution is -0.302. The summed E-state index contributed by atoms with van der Waals surface area (Å²) in [4.78, 5) is 12.8. The zero-order valence-electron chi connectivity index (χ0n) is 43.1. The number of amides is 1. The number of hydrogen-bond acceptors (Lipinski definition) is 8. The number of rotatable bonds is 47. The maximum Gasteiger partial charge on any atom is 0.220 e. The number of carbonyl (C=O) groups is 1. The Labute approximate surface area is 411 Å². The summed E-state index contributed by atoms with van der Waals surface area (Å²) < 4.78 is 11.1. The van der Waals surface area contributed by atoms with Crippen molar-refractivity contribution in [3.63, 3.8) is 0 Å². The highest BCUT2D eigenvalue weighted by Crippen LogP contribution is 2.23. The quantitative estimate of drug-likeness (QED) is 0.0261. The standard InChI is InChI=1S/C58H105NO8/c1-3-5-7-8-9-10-11-12-13-14-15-16-17-18-19-20-21-22-23-24-25-26-27-28-29-30-31-32-33-34-35-36-37-38-39-40-41-42-43-44-46-48-54(62)59-51(52(61)47-45-6-4-2)50-66-58-57(65)56(64)55(63)53(49-60)67-58/h5,7,9-10,12-13,15-16,45,47,51-53,55-58,60-61,63-65H,3-4,6,8,11,14,17-44,46,48-50H2,1-2H3,(H,59,62)/b7-5-,10-9-,13-12-,16-15-,47-45+. The topological polar surface area (TPSA) is 149 Å². The monoisotopic (exact) mass is 944 g/mol. The molecule has 0 aliphatic carbocycles. The molecule has 0 bridgehead atoms. The fourth-order valence-corrected chi connectivity index (χ4v) is 8.69. The first-order valence-electron chi connectivity index (χ1n) is 28.0. The summed E-state index contributed by atoms with van der Waals surface area (Å²) in [6.07, 6.45) is 58.7. The van der Waals surface area contributed by atoms with Gasteiger partial charge in [-0.05, 0) is 51.4 Å². The number of allylic oxidation sites excluding steroid dienone is 9. The molecule has 1 saturated heterocycles. The van der Waals surface area contributed by atoms with Crippen LogP contribution < -0.4 is 5.32 Å². The molecule has 0 spiro atoms. The Kier molecular flexibility index (Phi) is 44.7. The molecule has 0 aromatic heterocycles. The number of nitrogens with one attached hydrogen (secondary N) is 1. The van der Waals surface area contributed by atoms with Crippen molar-refractivity contribution in [1.29, 1.82) is 0 Å². The van der Waals surface area contributed by atoms with Gasteiger partial charge in [0.2, 0.25) is 5.91 Å². The molecule has 9 heteroatoms. The molecule has 1 heterocycles. The Balaban J connectivity index is 1.87. The van der Waals surface area contributed by atoms with E-state index in [4.69, 9.17) is 9.47 Å². The van der Waals surface area contributed by atoms with E-state index in [1.165, 1.54) is 167 Å². The molecule has 1 rings (SSSR count). The van der Waals surface area contributed by atoms with Crippen LogP contribution in [0.25, 0.3) is 0 Å². The maximum atomic E-state index is 12.8. The van der Waals surface area contributed by atoms with Gasteiger partial charge in [-0.1, -0.05) is 248 Å². The van der Waals surface area contributed by atoms with Crippen molar-refractivity contribution >= 4 is 5.91 Å². The zero-order chi connectivity index (χ0) is 48.7. The lowest BCUT2D eigenvalue weighted by atomic mass is 9.99. The molecule has 1 aliphatic rings. The van der Waals surface area contributed by atoms with Crippen LogP contribution in [0.3, 0.4) is 0 Å². The first-order chi connectivity index (χ1) is 32.8. The van der Waals surface area contributed by atoms with Gasteiger partial charge in [-0.2, -0.15) is 0 Å². The molecule has 67 heavy (non-hydrogen) atoms. The van der Waals surface area contributed by atoms with Gasteiger partial charge >= 0.3 is 0 Å². The lowest BCUT2D eigenvalue weighted by Crippen LogP contribution is -2.60. The van der Waals surface area contributed by atoms with Gasteiger partial charge < -0.3 is 40.3 Å². The smallest absolute Gasteiger partial charge is 0.220 e. The molecule has 7 atom stereocenters. The van der Waals surface area contributed by atoms with Gasteiger partial charge in [0.15, 0.2) is 6.29 Å². The minimum atomic E-state index is -1.56. The summed E-state index contributed by atoms with van der Waals surface area (Å²) in [5.41, 5.74) is 0. The van der Waals surface area contributed by atoms with E-state index in [0.717, 1.165) is 57.8 Å². The first kappa shape index (κ1) is 62.9. The van der Waals surface area contributed by atoms with Crippen molar-refractivity contribution in [2.45, 2.75) is 288 Å². The van der Waals surface area contributed by atoms with Crippen molar-refractivity contribution in [2.75, 3.05) is 13.2 Å². The Hall–Kier alpha value is -2.11. The van der Waals surface area contributed by atoms with Crippen LogP contribution in [0, 0.1) is 0 Å². The van der Waals surface area contributed by atoms with Crippen LogP contribution in [-0.4, -0.2) is 87.5 Å². The van der Waals surface area contributed by atoms with Gasteiger partial charge in [0.1, 0.15) is 24.4 Å². The predicted molar refractivity (Wildman–Crippen MR) is 281 cm³/mol. The van der Waals surface area contributed by atoms with E-state index in [0.29, 0.717) is 6.42 Å². The predicted octanol–water partition coefficient (Wildman–Crippen LogP) is 13.5. The van der Waals surface area contributed by atoms with Crippen molar-refractivity contribution in [3.8, 4) is 0 Å². The molecule has 0 saturated carbocycles. The van der Waals surface area contributed by atoms with Gasteiger partial charge in [0.05, 0.1) is 25.4 Å². The molecule has 0 aromatic rings. The molecular weight excluding hydrogens is 839 g/mol. The van der Waals surface area contributed by atoms with Crippen LogP contribution >= 0.6 is 0 Å². The molecule has 0 radical (unpaired) electrons. The number of ether oxygens (including phenoxy) is 2. The van der Waals surface area contributed by atoms with Crippen LogP contribution in [0.1, 0.15) is 245 Å². The van der Waals surface area contributed by atoms with E-state index >= 15 is 0 Å². The second kappa shape index (κ2) is 47.6. The van der Waals surface area contributed by atoms with Crippen molar-refractivity contribution in [3.05, 3.63) is 60.8 Å². The largest absolute Gasteiger partial charge is 0.394 e. The molecule has 7 unspecified atom stereocenters. The van der Waals surface area contributed by atoms with Crippen molar-refractivity contribution < 1.29 is 39.8 Å². The maximum absolute atomic E-state index is 12.8. The highest BCUT2D eigenvalue weighted by atomic mass is 16.7. The van der Waals surface area contributed by atoms with Crippen LogP contribution in [0.4, 0.5) is 0 Å². The van der Waals surface area contributed by atoms with E-state index in [1.54, 1.807) is 6.08 Å². The Bertz CT molecular complexity index is 1230. The van der Waals surface area contributed by atoms with Crippen molar-refractivity contribution in [1.82, 2.24) is 5.32 Å². The Morgan fingerprint density at radius 2 is 0.925 bits per heavy atom. The van der Waals surface area contributed by atoms with E-state index in [1.807, 2.05) is 13.0 Å². The average Bonchev–Trinajstić information content (AvgIpc) is 3.33. The third-order valence-corrected chi connectivity index (χ3v) is 13.1. The van der Waals surface area contributed by atoms with Gasteiger partial charge in [0.25, 0.3) is 0 Å². The van der Waals surface area contributed by atoms with Crippen LogP contribution in [0.2, 0.25) is 0 Å².